The zero-order valence-electron chi connectivity index (χ0n) is 11.6. The van der Waals surface area contributed by atoms with Crippen LogP contribution in [0.3, 0.4) is 0 Å². The van der Waals surface area contributed by atoms with Gasteiger partial charge in [-0.05, 0) is 25.3 Å². The van der Waals surface area contributed by atoms with Crippen molar-refractivity contribution in [3.63, 3.8) is 0 Å². The minimum absolute atomic E-state index is 0.0654. The summed E-state index contributed by atoms with van der Waals surface area (Å²) in [5, 5.41) is 20.1. The van der Waals surface area contributed by atoms with E-state index < -0.39 is 21.6 Å². The molecule has 0 saturated heterocycles. The molecule has 114 valence electrons. The van der Waals surface area contributed by atoms with Gasteiger partial charge in [-0.3, -0.25) is 0 Å². The van der Waals surface area contributed by atoms with Gasteiger partial charge in [-0.1, -0.05) is 13.8 Å². The lowest BCUT2D eigenvalue weighted by atomic mass is 9.95. The number of aliphatic hydroxyl groups is 1. The molecule has 0 fully saturated rings. The molecule has 0 bridgehead atoms. The lowest BCUT2D eigenvalue weighted by molar-refractivity contribution is 0.0436. The fourth-order valence-corrected chi connectivity index (χ4v) is 4.20. The minimum Gasteiger partial charge on any atom is -0.478 e. The van der Waals surface area contributed by atoms with Crippen LogP contribution in [0.5, 0.6) is 0 Å². The number of carbonyl (C=O) groups is 1. The highest BCUT2D eigenvalue weighted by atomic mass is 32.2. The number of nitrogens with one attached hydrogen (secondary N) is 1. The van der Waals surface area contributed by atoms with Gasteiger partial charge in [0.25, 0.3) is 0 Å². The van der Waals surface area contributed by atoms with E-state index in [1.54, 1.807) is 6.92 Å². The second kappa shape index (κ2) is 6.21. The highest BCUT2D eigenvalue weighted by molar-refractivity contribution is 7.91. The van der Waals surface area contributed by atoms with Crippen molar-refractivity contribution in [2.75, 3.05) is 6.54 Å². The van der Waals surface area contributed by atoms with Gasteiger partial charge >= 0.3 is 5.97 Å². The van der Waals surface area contributed by atoms with Gasteiger partial charge in [0.2, 0.25) is 10.0 Å². The Bertz CT molecular complexity index is 574. The Kier molecular flexibility index (Phi) is 5.31. The van der Waals surface area contributed by atoms with E-state index in [1.165, 1.54) is 5.38 Å². The van der Waals surface area contributed by atoms with Gasteiger partial charge in [0, 0.05) is 11.9 Å². The van der Waals surface area contributed by atoms with Crippen LogP contribution in [0.15, 0.2) is 15.7 Å². The number of sulfonamides is 1. The summed E-state index contributed by atoms with van der Waals surface area (Å²) in [6, 6.07) is 1.10. The lowest BCUT2D eigenvalue weighted by Crippen LogP contribution is -2.41. The number of hydrogen-bond acceptors (Lipinski definition) is 5. The Labute approximate surface area is 122 Å². The van der Waals surface area contributed by atoms with E-state index in [2.05, 4.69) is 4.72 Å². The fraction of sp³-hybridized carbons (Fsp3) is 0.583. The average Bonchev–Trinajstić information content (AvgIpc) is 2.75. The molecule has 6 nitrogen and oxygen atoms in total. The van der Waals surface area contributed by atoms with Gasteiger partial charge in [0.05, 0.1) is 11.2 Å². The summed E-state index contributed by atoms with van der Waals surface area (Å²) in [6.07, 6.45) is 0.459. The van der Waals surface area contributed by atoms with Gasteiger partial charge in [0.1, 0.15) is 4.21 Å². The van der Waals surface area contributed by atoms with E-state index in [-0.39, 0.29) is 22.2 Å². The summed E-state index contributed by atoms with van der Waals surface area (Å²) in [4.78, 5) is 10.7. The molecular weight excluding hydrogens is 302 g/mol. The number of carboxylic acid groups (broad SMARTS) is 1. The highest BCUT2D eigenvalue weighted by Gasteiger charge is 2.26. The Morgan fingerprint density at radius 1 is 1.50 bits per heavy atom. The summed E-state index contributed by atoms with van der Waals surface area (Å²) in [5.74, 6) is -0.940. The topological polar surface area (TPSA) is 104 Å². The van der Waals surface area contributed by atoms with Crippen molar-refractivity contribution in [3.8, 4) is 0 Å². The molecule has 3 N–H and O–H groups in total. The molecule has 1 unspecified atom stereocenters. The van der Waals surface area contributed by atoms with Gasteiger partial charge < -0.3 is 10.2 Å². The van der Waals surface area contributed by atoms with E-state index in [1.807, 2.05) is 13.8 Å². The van der Waals surface area contributed by atoms with E-state index in [0.717, 1.165) is 17.4 Å². The summed E-state index contributed by atoms with van der Waals surface area (Å²) < 4.78 is 26.2. The highest BCUT2D eigenvalue weighted by Crippen LogP contribution is 2.21. The van der Waals surface area contributed by atoms with Crippen LogP contribution >= 0.6 is 11.3 Å². The molecule has 0 radical (unpaired) electrons. The van der Waals surface area contributed by atoms with Crippen molar-refractivity contribution in [1.29, 1.82) is 0 Å². The van der Waals surface area contributed by atoms with Gasteiger partial charge in [-0.2, -0.15) is 0 Å². The summed E-state index contributed by atoms with van der Waals surface area (Å²) >= 11 is 0.836. The maximum Gasteiger partial charge on any atom is 0.336 e. The SMILES string of the molecule is CC(C)CC(C)(O)CNS(=O)(=O)c1cc(C(=O)O)cs1. The van der Waals surface area contributed by atoms with Crippen LogP contribution in [0.1, 0.15) is 37.6 Å². The van der Waals surface area contributed by atoms with Crippen molar-refractivity contribution in [2.24, 2.45) is 5.92 Å². The standard InChI is InChI=1S/C12H19NO5S2/c1-8(2)5-12(3,16)7-13-20(17,18)10-4-9(6-19-10)11(14)15/h4,6,8,13,16H,5,7H2,1-3H3,(H,14,15). The molecule has 20 heavy (non-hydrogen) atoms. The smallest absolute Gasteiger partial charge is 0.336 e. The molecule has 1 heterocycles. The summed E-state index contributed by atoms with van der Waals surface area (Å²) in [6.45, 7) is 5.31. The Morgan fingerprint density at radius 3 is 2.55 bits per heavy atom. The van der Waals surface area contributed by atoms with E-state index in [0.29, 0.717) is 6.42 Å². The molecule has 1 rings (SSSR count). The van der Waals surface area contributed by atoms with Crippen LogP contribution in [0.25, 0.3) is 0 Å². The van der Waals surface area contributed by atoms with Gasteiger partial charge in [-0.25, -0.2) is 17.9 Å². The number of aromatic carboxylic acids is 1. The number of thiophene rings is 1. The molecule has 0 spiro atoms. The first-order valence-electron chi connectivity index (χ1n) is 6.07. The summed E-state index contributed by atoms with van der Waals surface area (Å²) in [5.41, 5.74) is -1.21. The third-order valence-electron chi connectivity index (χ3n) is 2.58. The van der Waals surface area contributed by atoms with Crippen LogP contribution < -0.4 is 4.72 Å². The van der Waals surface area contributed by atoms with Crippen LogP contribution in [-0.4, -0.2) is 36.7 Å². The molecule has 0 aliphatic carbocycles. The third kappa shape index (κ3) is 4.86. The van der Waals surface area contributed by atoms with Crippen LogP contribution in [0, 0.1) is 5.92 Å². The van der Waals surface area contributed by atoms with E-state index in [4.69, 9.17) is 5.11 Å². The Hall–Kier alpha value is -0.960. The molecular formula is C12H19NO5S2. The average molecular weight is 321 g/mol. The molecule has 0 saturated carbocycles. The largest absolute Gasteiger partial charge is 0.478 e. The monoisotopic (exact) mass is 321 g/mol. The zero-order chi connectivity index (χ0) is 15.6. The van der Waals surface area contributed by atoms with Crippen molar-refractivity contribution >= 4 is 27.3 Å². The van der Waals surface area contributed by atoms with Crippen LogP contribution in [-0.2, 0) is 10.0 Å². The molecule has 8 heteroatoms. The number of hydrogen-bond donors (Lipinski definition) is 3. The second-order valence-electron chi connectivity index (χ2n) is 5.38. The third-order valence-corrected chi connectivity index (χ3v) is 5.42. The Morgan fingerprint density at radius 2 is 2.10 bits per heavy atom. The molecule has 1 aromatic heterocycles. The first kappa shape index (κ1) is 17.1. The predicted octanol–water partition coefficient (Wildman–Crippen LogP) is 1.52. The first-order valence-corrected chi connectivity index (χ1v) is 8.44. The maximum atomic E-state index is 12.0. The van der Waals surface area contributed by atoms with Crippen molar-refractivity contribution < 1.29 is 23.4 Å². The predicted molar refractivity (Wildman–Crippen MR) is 76.5 cm³/mol. The lowest BCUT2D eigenvalue weighted by Gasteiger charge is -2.25. The molecule has 1 aromatic rings. The van der Waals surface area contributed by atoms with Crippen molar-refractivity contribution in [1.82, 2.24) is 4.72 Å². The molecule has 0 amide bonds. The second-order valence-corrected chi connectivity index (χ2v) is 8.28. The minimum atomic E-state index is -3.80. The van der Waals surface area contributed by atoms with E-state index >= 15 is 0 Å². The van der Waals surface area contributed by atoms with Crippen LogP contribution in [0.2, 0.25) is 0 Å². The summed E-state index contributed by atoms with van der Waals surface area (Å²) in [7, 11) is -3.80. The number of rotatable bonds is 7. The fourth-order valence-electron chi connectivity index (χ4n) is 1.84. The zero-order valence-corrected chi connectivity index (χ0v) is 13.2. The number of carboxylic acids is 1. The molecule has 0 aromatic carbocycles. The van der Waals surface area contributed by atoms with Gasteiger partial charge in [-0.15, -0.1) is 11.3 Å². The van der Waals surface area contributed by atoms with Crippen LogP contribution in [0.4, 0.5) is 0 Å². The molecule has 0 aliphatic heterocycles. The molecule has 1 atom stereocenters. The molecule has 0 aliphatic rings. The van der Waals surface area contributed by atoms with Crippen molar-refractivity contribution in [3.05, 3.63) is 17.0 Å². The Balaban J connectivity index is 2.77. The normalized spacial score (nSPS) is 15.2. The first-order chi connectivity index (χ1) is 9.03. The van der Waals surface area contributed by atoms with E-state index in [9.17, 15) is 18.3 Å². The van der Waals surface area contributed by atoms with Crippen molar-refractivity contribution in [2.45, 2.75) is 37.0 Å². The maximum absolute atomic E-state index is 12.0. The van der Waals surface area contributed by atoms with Gasteiger partial charge in [0.15, 0.2) is 0 Å². The quantitative estimate of drug-likeness (QED) is 0.706.